The van der Waals surface area contributed by atoms with Crippen LogP contribution in [0.5, 0.6) is 0 Å². The molecular weight excluding hydrogens is 400 g/mol. The second-order valence-electron chi connectivity index (χ2n) is 6.79. The Balaban J connectivity index is 1.78. The fourth-order valence-electron chi connectivity index (χ4n) is 2.76. The Labute approximate surface area is 168 Å². The van der Waals surface area contributed by atoms with Crippen molar-refractivity contribution in [3.05, 3.63) is 34.3 Å². The lowest BCUT2D eigenvalue weighted by Crippen LogP contribution is -2.11. The predicted molar refractivity (Wildman–Crippen MR) is 112 cm³/mol. The fraction of sp³-hybridized carbons (Fsp3) is 0.444. The van der Waals surface area contributed by atoms with E-state index in [0.29, 0.717) is 11.4 Å². The SMILES string of the molecule is CCn1c(SCc2csc(CCC(C)C)n2)nc2cc(S(N)(=O)=O)ccc21. The van der Waals surface area contributed by atoms with Crippen LogP contribution in [0, 0.1) is 5.92 Å². The molecule has 0 unspecified atom stereocenters. The maximum Gasteiger partial charge on any atom is 0.238 e. The molecule has 0 aliphatic rings. The Morgan fingerprint density at radius 3 is 2.74 bits per heavy atom. The van der Waals surface area contributed by atoms with Crippen LogP contribution in [0.25, 0.3) is 11.0 Å². The Bertz CT molecular complexity index is 1040. The van der Waals surface area contributed by atoms with E-state index < -0.39 is 10.0 Å². The van der Waals surface area contributed by atoms with Crippen LogP contribution in [0.2, 0.25) is 0 Å². The highest BCUT2D eigenvalue weighted by Gasteiger charge is 2.15. The summed E-state index contributed by atoms with van der Waals surface area (Å²) >= 11 is 3.33. The molecule has 1 aromatic carbocycles. The van der Waals surface area contributed by atoms with Gasteiger partial charge in [0.15, 0.2) is 5.16 Å². The number of imidazole rings is 1. The van der Waals surface area contributed by atoms with E-state index in [1.54, 1.807) is 29.2 Å². The lowest BCUT2D eigenvalue weighted by atomic mass is 10.1. The van der Waals surface area contributed by atoms with Crippen LogP contribution in [0.3, 0.4) is 0 Å². The summed E-state index contributed by atoms with van der Waals surface area (Å²) in [6.07, 6.45) is 2.18. The zero-order chi connectivity index (χ0) is 19.6. The summed E-state index contributed by atoms with van der Waals surface area (Å²) in [5, 5.41) is 9.38. The van der Waals surface area contributed by atoms with Gasteiger partial charge in [0.1, 0.15) is 0 Å². The van der Waals surface area contributed by atoms with E-state index in [0.717, 1.165) is 41.5 Å². The van der Waals surface area contributed by atoms with Gasteiger partial charge in [-0.1, -0.05) is 25.6 Å². The molecule has 6 nitrogen and oxygen atoms in total. The van der Waals surface area contributed by atoms with Crippen molar-refractivity contribution >= 4 is 44.2 Å². The molecule has 0 aliphatic carbocycles. The van der Waals surface area contributed by atoms with Gasteiger partial charge >= 0.3 is 0 Å². The summed E-state index contributed by atoms with van der Waals surface area (Å²) in [6, 6.07) is 4.83. The van der Waals surface area contributed by atoms with Crippen molar-refractivity contribution in [2.45, 2.75) is 56.0 Å². The van der Waals surface area contributed by atoms with Gasteiger partial charge in [-0.25, -0.2) is 23.5 Å². The maximum absolute atomic E-state index is 11.6. The van der Waals surface area contributed by atoms with Gasteiger partial charge in [-0.2, -0.15) is 0 Å². The van der Waals surface area contributed by atoms with Crippen LogP contribution in [0.15, 0.2) is 33.6 Å². The molecule has 0 aliphatic heterocycles. The number of aromatic nitrogens is 3. The summed E-state index contributed by atoms with van der Waals surface area (Å²) < 4.78 is 25.2. The van der Waals surface area contributed by atoms with Crippen LogP contribution in [0.4, 0.5) is 0 Å². The van der Waals surface area contributed by atoms with Crippen molar-refractivity contribution in [3.8, 4) is 0 Å². The highest BCUT2D eigenvalue weighted by molar-refractivity contribution is 7.98. The molecule has 27 heavy (non-hydrogen) atoms. The quantitative estimate of drug-likeness (QED) is 0.551. The van der Waals surface area contributed by atoms with Gasteiger partial charge in [0.25, 0.3) is 0 Å². The first-order valence-corrected chi connectivity index (χ1v) is 12.3. The Kier molecular flexibility index (Phi) is 6.25. The molecule has 3 aromatic rings. The van der Waals surface area contributed by atoms with Gasteiger partial charge in [-0.3, -0.25) is 0 Å². The van der Waals surface area contributed by atoms with Gasteiger partial charge in [-0.15, -0.1) is 11.3 Å². The minimum atomic E-state index is -3.73. The first kappa shape index (κ1) is 20.3. The lowest BCUT2D eigenvalue weighted by Gasteiger charge is -2.05. The first-order valence-electron chi connectivity index (χ1n) is 8.87. The number of sulfonamides is 1. The fourth-order valence-corrected chi connectivity index (χ4v) is 5.18. The summed E-state index contributed by atoms with van der Waals surface area (Å²) in [7, 11) is -3.73. The summed E-state index contributed by atoms with van der Waals surface area (Å²) in [5.74, 6) is 1.42. The molecule has 0 fully saturated rings. The highest BCUT2D eigenvalue weighted by atomic mass is 32.2. The number of nitrogens with zero attached hydrogens (tertiary/aromatic N) is 3. The number of primary sulfonamides is 1. The van der Waals surface area contributed by atoms with E-state index in [9.17, 15) is 8.42 Å². The van der Waals surface area contributed by atoms with Crippen LogP contribution in [-0.4, -0.2) is 23.0 Å². The number of hydrogen-bond donors (Lipinski definition) is 1. The molecule has 2 N–H and O–H groups in total. The summed E-state index contributed by atoms with van der Waals surface area (Å²) in [4.78, 5) is 9.42. The predicted octanol–water partition coefficient (Wildman–Crippen LogP) is 4.04. The summed E-state index contributed by atoms with van der Waals surface area (Å²) in [5.41, 5.74) is 2.61. The molecule has 0 spiro atoms. The third-order valence-corrected chi connectivity index (χ3v) is 7.09. The van der Waals surface area contributed by atoms with Crippen molar-refractivity contribution in [3.63, 3.8) is 0 Å². The van der Waals surface area contributed by atoms with Gasteiger partial charge < -0.3 is 4.57 Å². The number of nitrogens with two attached hydrogens (primary N) is 1. The topological polar surface area (TPSA) is 90.9 Å². The molecule has 0 bridgehead atoms. The number of thiazole rings is 1. The zero-order valence-electron chi connectivity index (χ0n) is 15.7. The Hall–Kier alpha value is -1.42. The van der Waals surface area contributed by atoms with Crippen LogP contribution in [-0.2, 0) is 28.7 Å². The van der Waals surface area contributed by atoms with Crippen molar-refractivity contribution in [1.29, 1.82) is 0 Å². The van der Waals surface area contributed by atoms with E-state index in [2.05, 4.69) is 28.8 Å². The molecule has 0 atom stereocenters. The van der Waals surface area contributed by atoms with Gasteiger partial charge in [0, 0.05) is 17.7 Å². The van der Waals surface area contributed by atoms with Crippen molar-refractivity contribution < 1.29 is 8.42 Å². The number of thioether (sulfide) groups is 1. The van der Waals surface area contributed by atoms with E-state index >= 15 is 0 Å². The first-order chi connectivity index (χ1) is 12.8. The molecule has 2 heterocycles. The van der Waals surface area contributed by atoms with E-state index in [1.807, 2.05) is 6.92 Å². The van der Waals surface area contributed by atoms with Crippen molar-refractivity contribution in [2.75, 3.05) is 0 Å². The lowest BCUT2D eigenvalue weighted by molar-refractivity contribution is 0.585. The van der Waals surface area contributed by atoms with Crippen molar-refractivity contribution in [1.82, 2.24) is 14.5 Å². The third kappa shape index (κ3) is 4.90. The average Bonchev–Trinajstić information content (AvgIpc) is 3.20. The van der Waals surface area contributed by atoms with Gasteiger partial charge in [0.2, 0.25) is 10.0 Å². The van der Waals surface area contributed by atoms with Crippen LogP contribution < -0.4 is 5.14 Å². The number of benzene rings is 1. The molecule has 146 valence electrons. The van der Waals surface area contributed by atoms with Gasteiger partial charge in [-0.05, 0) is 43.9 Å². The molecular formula is C18H24N4O2S3. The monoisotopic (exact) mass is 424 g/mol. The number of aryl methyl sites for hydroxylation is 2. The zero-order valence-corrected chi connectivity index (χ0v) is 18.1. The average molecular weight is 425 g/mol. The highest BCUT2D eigenvalue weighted by Crippen LogP contribution is 2.28. The van der Waals surface area contributed by atoms with E-state index in [-0.39, 0.29) is 4.90 Å². The normalized spacial score (nSPS) is 12.3. The smallest absolute Gasteiger partial charge is 0.238 e. The standard InChI is InChI=1S/C18H24N4O2S3/c1-4-22-16-7-6-14(27(19,23)24)9-15(16)21-18(22)26-11-13-10-25-17(20-13)8-5-12(2)3/h6-7,9-10,12H,4-5,8,11H2,1-3H3,(H2,19,23,24). The van der Waals surface area contributed by atoms with Crippen LogP contribution in [0.1, 0.15) is 37.9 Å². The molecule has 3 rings (SSSR count). The summed E-state index contributed by atoms with van der Waals surface area (Å²) in [6.45, 7) is 7.25. The number of fused-ring (bicyclic) bond motifs is 1. The maximum atomic E-state index is 11.6. The third-order valence-electron chi connectivity index (χ3n) is 4.21. The minimum Gasteiger partial charge on any atom is -0.319 e. The Morgan fingerprint density at radius 1 is 1.30 bits per heavy atom. The second kappa shape index (κ2) is 8.30. The molecule has 0 saturated carbocycles. The number of rotatable bonds is 8. The van der Waals surface area contributed by atoms with E-state index in [4.69, 9.17) is 10.1 Å². The van der Waals surface area contributed by atoms with Crippen LogP contribution >= 0.6 is 23.1 Å². The Morgan fingerprint density at radius 2 is 2.07 bits per heavy atom. The number of hydrogen-bond acceptors (Lipinski definition) is 6. The molecule has 2 aromatic heterocycles. The van der Waals surface area contributed by atoms with Gasteiger partial charge in [0.05, 0.1) is 26.6 Å². The van der Waals surface area contributed by atoms with Crippen molar-refractivity contribution in [2.24, 2.45) is 11.1 Å². The minimum absolute atomic E-state index is 0.0848. The molecule has 0 saturated heterocycles. The largest absolute Gasteiger partial charge is 0.319 e. The molecule has 0 amide bonds. The second-order valence-corrected chi connectivity index (χ2v) is 10.2. The molecule has 9 heteroatoms. The molecule has 0 radical (unpaired) electrons. The van der Waals surface area contributed by atoms with E-state index in [1.165, 1.54) is 17.1 Å².